The SMILES string of the molecule is O=C(O)C1CCCN(CCCOc2ccc(F)cc2)C1. The van der Waals surface area contributed by atoms with E-state index in [1.54, 1.807) is 12.1 Å². The molecule has 110 valence electrons. The Morgan fingerprint density at radius 3 is 2.85 bits per heavy atom. The smallest absolute Gasteiger partial charge is 0.307 e. The Bertz CT molecular complexity index is 435. The van der Waals surface area contributed by atoms with E-state index >= 15 is 0 Å². The molecule has 1 atom stereocenters. The number of rotatable bonds is 6. The number of hydrogen-bond donors (Lipinski definition) is 1. The minimum atomic E-state index is -0.697. The number of aliphatic carboxylic acids is 1. The van der Waals surface area contributed by atoms with Crippen LogP contribution in [0.4, 0.5) is 4.39 Å². The first-order chi connectivity index (χ1) is 9.65. The highest BCUT2D eigenvalue weighted by atomic mass is 19.1. The summed E-state index contributed by atoms with van der Waals surface area (Å²) in [5, 5.41) is 9.02. The van der Waals surface area contributed by atoms with E-state index in [0.29, 0.717) is 18.9 Å². The predicted molar refractivity (Wildman–Crippen MR) is 73.3 cm³/mol. The molecule has 1 N–H and O–H groups in total. The highest BCUT2D eigenvalue weighted by Crippen LogP contribution is 2.17. The number of halogens is 1. The van der Waals surface area contributed by atoms with Crippen molar-refractivity contribution >= 4 is 5.97 Å². The van der Waals surface area contributed by atoms with Crippen LogP contribution < -0.4 is 4.74 Å². The Labute approximate surface area is 118 Å². The maximum atomic E-state index is 12.7. The van der Waals surface area contributed by atoms with E-state index in [-0.39, 0.29) is 11.7 Å². The van der Waals surface area contributed by atoms with Gasteiger partial charge in [0.2, 0.25) is 0 Å². The molecule has 1 aliphatic rings. The Hall–Kier alpha value is -1.62. The molecular formula is C15H20FNO3. The molecule has 20 heavy (non-hydrogen) atoms. The summed E-state index contributed by atoms with van der Waals surface area (Å²) in [4.78, 5) is 13.1. The van der Waals surface area contributed by atoms with E-state index < -0.39 is 5.97 Å². The van der Waals surface area contributed by atoms with Gasteiger partial charge in [0, 0.05) is 13.1 Å². The van der Waals surface area contributed by atoms with Crippen molar-refractivity contribution in [2.45, 2.75) is 19.3 Å². The average Bonchev–Trinajstić information content (AvgIpc) is 2.46. The molecule has 0 bridgehead atoms. The normalized spacial score (nSPS) is 19.8. The number of likely N-dealkylation sites (tertiary alicyclic amines) is 1. The van der Waals surface area contributed by atoms with Gasteiger partial charge in [-0.15, -0.1) is 0 Å². The molecular weight excluding hydrogens is 261 g/mol. The van der Waals surface area contributed by atoms with E-state index in [1.807, 2.05) is 0 Å². The lowest BCUT2D eigenvalue weighted by molar-refractivity contribution is -0.143. The lowest BCUT2D eigenvalue weighted by Gasteiger charge is -2.30. The molecule has 1 heterocycles. The maximum Gasteiger partial charge on any atom is 0.307 e. The number of piperidine rings is 1. The molecule has 1 fully saturated rings. The summed E-state index contributed by atoms with van der Waals surface area (Å²) in [6.45, 7) is 2.98. The van der Waals surface area contributed by atoms with Gasteiger partial charge in [0.1, 0.15) is 11.6 Å². The number of hydrogen-bond acceptors (Lipinski definition) is 3. The molecule has 1 unspecified atom stereocenters. The maximum absolute atomic E-state index is 12.7. The second-order valence-corrected chi connectivity index (χ2v) is 5.13. The second kappa shape index (κ2) is 7.24. The molecule has 0 spiro atoms. The first-order valence-electron chi connectivity index (χ1n) is 6.98. The number of ether oxygens (including phenoxy) is 1. The fourth-order valence-electron chi connectivity index (χ4n) is 2.47. The molecule has 0 aromatic heterocycles. The van der Waals surface area contributed by atoms with Crippen molar-refractivity contribution in [1.82, 2.24) is 4.90 Å². The van der Waals surface area contributed by atoms with Gasteiger partial charge >= 0.3 is 5.97 Å². The van der Waals surface area contributed by atoms with Crippen LogP contribution in [0, 0.1) is 11.7 Å². The summed E-state index contributed by atoms with van der Waals surface area (Å²) in [6.07, 6.45) is 2.55. The van der Waals surface area contributed by atoms with Crippen LogP contribution >= 0.6 is 0 Å². The highest BCUT2D eigenvalue weighted by molar-refractivity contribution is 5.70. The van der Waals surface area contributed by atoms with Crippen LogP contribution in [0.25, 0.3) is 0 Å². The van der Waals surface area contributed by atoms with Gasteiger partial charge in [0.05, 0.1) is 12.5 Å². The van der Waals surface area contributed by atoms with Gasteiger partial charge in [-0.25, -0.2) is 4.39 Å². The van der Waals surface area contributed by atoms with Crippen LogP contribution in [0.3, 0.4) is 0 Å². The van der Waals surface area contributed by atoms with Crippen molar-refractivity contribution in [3.8, 4) is 5.75 Å². The van der Waals surface area contributed by atoms with Crippen LogP contribution in [0.2, 0.25) is 0 Å². The van der Waals surface area contributed by atoms with Crippen LogP contribution in [0.15, 0.2) is 24.3 Å². The Morgan fingerprint density at radius 2 is 2.15 bits per heavy atom. The molecule has 0 amide bonds. The quantitative estimate of drug-likeness (QED) is 0.813. The minimum Gasteiger partial charge on any atom is -0.494 e. The molecule has 1 saturated heterocycles. The van der Waals surface area contributed by atoms with Gasteiger partial charge in [-0.3, -0.25) is 4.79 Å². The summed E-state index contributed by atoms with van der Waals surface area (Å²) in [6, 6.07) is 5.96. The largest absolute Gasteiger partial charge is 0.494 e. The van der Waals surface area contributed by atoms with Gasteiger partial charge in [-0.05, 0) is 50.1 Å². The zero-order chi connectivity index (χ0) is 14.4. The molecule has 0 saturated carbocycles. The summed E-state index contributed by atoms with van der Waals surface area (Å²) in [5.41, 5.74) is 0. The lowest BCUT2D eigenvalue weighted by Crippen LogP contribution is -2.39. The van der Waals surface area contributed by atoms with E-state index in [2.05, 4.69) is 4.90 Å². The van der Waals surface area contributed by atoms with Crippen molar-refractivity contribution in [2.24, 2.45) is 5.92 Å². The summed E-state index contributed by atoms with van der Waals surface area (Å²) in [5.74, 6) is -0.544. The fourth-order valence-corrected chi connectivity index (χ4v) is 2.47. The first kappa shape index (κ1) is 14.8. The molecule has 0 radical (unpaired) electrons. The molecule has 5 heteroatoms. The zero-order valence-electron chi connectivity index (χ0n) is 11.4. The highest BCUT2D eigenvalue weighted by Gasteiger charge is 2.24. The summed E-state index contributed by atoms with van der Waals surface area (Å²) >= 11 is 0. The third-order valence-corrected chi connectivity index (χ3v) is 3.56. The molecule has 1 aromatic rings. The summed E-state index contributed by atoms with van der Waals surface area (Å²) < 4.78 is 18.2. The molecule has 2 rings (SSSR count). The number of carboxylic acid groups (broad SMARTS) is 1. The topological polar surface area (TPSA) is 49.8 Å². The van der Waals surface area contributed by atoms with Gasteiger partial charge in [-0.1, -0.05) is 0 Å². The number of carbonyl (C=O) groups is 1. The Kier molecular flexibility index (Phi) is 5.35. The molecule has 1 aromatic carbocycles. The third-order valence-electron chi connectivity index (χ3n) is 3.56. The zero-order valence-corrected chi connectivity index (χ0v) is 11.4. The van der Waals surface area contributed by atoms with E-state index in [0.717, 1.165) is 32.4 Å². The number of benzene rings is 1. The van der Waals surface area contributed by atoms with Crippen molar-refractivity contribution in [2.75, 3.05) is 26.2 Å². The first-order valence-corrected chi connectivity index (χ1v) is 6.98. The second-order valence-electron chi connectivity index (χ2n) is 5.13. The van der Waals surface area contributed by atoms with E-state index in [9.17, 15) is 9.18 Å². The number of nitrogens with zero attached hydrogens (tertiary/aromatic N) is 1. The van der Waals surface area contributed by atoms with E-state index in [4.69, 9.17) is 9.84 Å². The van der Waals surface area contributed by atoms with Gasteiger partial charge in [0.25, 0.3) is 0 Å². The molecule has 1 aliphatic heterocycles. The predicted octanol–water partition coefficient (Wildman–Crippen LogP) is 2.39. The van der Waals surface area contributed by atoms with E-state index in [1.165, 1.54) is 12.1 Å². The lowest BCUT2D eigenvalue weighted by atomic mass is 9.98. The third kappa shape index (κ3) is 4.49. The van der Waals surface area contributed by atoms with Crippen LogP contribution in [0.1, 0.15) is 19.3 Å². The molecule has 0 aliphatic carbocycles. The molecule has 4 nitrogen and oxygen atoms in total. The minimum absolute atomic E-state index is 0.234. The van der Waals surface area contributed by atoms with Gasteiger partial charge in [0.15, 0.2) is 0 Å². The standard InChI is InChI=1S/C15H20FNO3/c16-13-4-6-14(7-5-13)20-10-2-9-17-8-1-3-12(11-17)15(18)19/h4-7,12H,1-3,8-11H2,(H,18,19). The van der Waals surface area contributed by atoms with Crippen LogP contribution in [-0.4, -0.2) is 42.2 Å². The van der Waals surface area contributed by atoms with Crippen molar-refractivity contribution in [3.05, 3.63) is 30.1 Å². The fraction of sp³-hybridized carbons (Fsp3) is 0.533. The van der Waals surface area contributed by atoms with Crippen molar-refractivity contribution in [1.29, 1.82) is 0 Å². The van der Waals surface area contributed by atoms with Crippen LogP contribution in [0.5, 0.6) is 5.75 Å². The van der Waals surface area contributed by atoms with Gasteiger partial charge in [-0.2, -0.15) is 0 Å². The van der Waals surface area contributed by atoms with Crippen molar-refractivity contribution < 1.29 is 19.0 Å². The Morgan fingerprint density at radius 1 is 1.40 bits per heavy atom. The number of carboxylic acids is 1. The summed E-state index contributed by atoms with van der Waals surface area (Å²) in [7, 11) is 0. The Balaban J connectivity index is 1.65. The van der Waals surface area contributed by atoms with Crippen LogP contribution in [-0.2, 0) is 4.79 Å². The van der Waals surface area contributed by atoms with Crippen molar-refractivity contribution in [3.63, 3.8) is 0 Å². The van der Waals surface area contributed by atoms with Gasteiger partial charge < -0.3 is 14.7 Å². The monoisotopic (exact) mass is 281 g/mol. The average molecular weight is 281 g/mol.